The van der Waals surface area contributed by atoms with Crippen LogP contribution >= 0.6 is 22.6 Å². The van der Waals surface area contributed by atoms with Crippen molar-refractivity contribution in [2.75, 3.05) is 31.6 Å². The number of methoxy groups -OCH3 is 1. The van der Waals surface area contributed by atoms with E-state index in [-0.39, 0.29) is 12.0 Å². The molecule has 1 saturated heterocycles. The summed E-state index contributed by atoms with van der Waals surface area (Å²) in [5.41, 5.74) is 1.53. The monoisotopic (exact) mass is 404 g/mol. The topological polar surface area (TPSA) is 70.1 Å². The second-order valence-corrected chi connectivity index (χ2v) is 6.09. The molecule has 21 heavy (non-hydrogen) atoms. The van der Waals surface area contributed by atoms with Crippen molar-refractivity contribution in [2.45, 2.75) is 13.0 Å². The van der Waals surface area contributed by atoms with Gasteiger partial charge in [0.1, 0.15) is 0 Å². The highest BCUT2D eigenvalue weighted by Gasteiger charge is 2.27. The lowest BCUT2D eigenvalue weighted by Crippen LogP contribution is -2.53. The van der Waals surface area contributed by atoms with E-state index in [9.17, 15) is 9.59 Å². The zero-order valence-electron chi connectivity index (χ0n) is 11.9. The zero-order chi connectivity index (χ0) is 15.6. The van der Waals surface area contributed by atoms with Gasteiger partial charge in [-0.2, -0.15) is 0 Å². The van der Waals surface area contributed by atoms with Crippen LogP contribution in [-0.2, 0) is 4.74 Å². The van der Waals surface area contributed by atoms with Crippen molar-refractivity contribution >= 4 is 40.3 Å². The summed E-state index contributed by atoms with van der Waals surface area (Å²) >= 11 is 2.19. The molecule has 7 heteroatoms. The lowest BCUT2D eigenvalue weighted by molar-refractivity contribution is 0.0600. The third-order valence-corrected chi connectivity index (χ3v) is 4.44. The Labute approximate surface area is 136 Å². The number of amides is 1. The summed E-state index contributed by atoms with van der Waals surface area (Å²) in [7, 11) is 1.36. The quantitative estimate of drug-likeness (QED) is 0.605. The summed E-state index contributed by atoms with van der Waals surface area (Å²) < 4.78 is 5.66. The number of nitrogens with zero attached hydrogens (tertiary/aromatic N) is 2. The number of rotatable bonds is 2. The Morgan fingerprint density at radius 3 is 2.62 bits per heavy atom. The molecule has 0 bridgehead atoms. The van der Waals surface area contributed by atoms with E-state index in [2.05, 4.69) is 27.5 Å². The van der Waals surface area contributed by atoms with Crippen LogP contribution in [0.5, 0.6) is 0 Å². The van der Waals surface area contributed by atoms with Crippen LogP contribution in [0.15, 0.2) is 18.2 Å². The first-order valence-corrected chi connectivity index (χ1v) is 7.64. The van der Waals surface area contributed by atoms with Gasteiger partial charge in [-0.15, -0.1) is 0 Å². The third kappa shape index (κ3) is 3.39. The maximum absolute atomic E-state index is 11.5. The summed E-state index contributed by atoms with van der Waals surface area (Å²) in [4.78, 5) is 26.1. The van der Waals surface area contributed by atoms with Gasteiger partial charge in [0.05, 0.1) is 18.4 Å². The number of carboxylic acid groups (broad SMARTS) is 1. The molecule has 0 radical (unpaired) electrons. The molecule has 0 unspecified atom stereocenters. The number of carbonyl (C=O) groups is 2. The van der Waals surface area contributed by atoms with E-state index < -0.39 is 6.09 Å². The Morgan fingerprint density at radius 2 is 2.10 bits per heavy atom. The van der Waals surface area contributed by atoms with E-state index in [1.807, 2.05) is 13.0 Å². The molecule has 114 valence electrons. The number of hydrogen-bond acceptors (Lipinski definition) is 4. The summed E-state index contributed by atoms with van der Waals surface area (Å²) in [6.45, 7) is 3.60. The highest BCUT2D eigenvalue weighted by Crippen LogP contribution is 2.27. The first-order chi connectivity index (χ1) is 9.93. The number of esters is 1. The minimum Gasteiger partial charge on any atom is -0.465 e. The molecule has 1 aromatic rings. The van der Waals surface area contributed by atoms with Crippen LogP contribution in [0.1, 0.15) is 17.3 Å². The van der Waals surface area contributed by atoms with Gasteiger partial charge in [0.25, 0.3) is 0 Å². The zero-order valence-corrected chi connectivity index (χ0v) is 14.0. The minimum absolute atomic E-state index is 0.0901. The average Bonchev–Trinajstić information content (AvgIpc) is 2.46. The van der Waals surface area contributed by atoms with Crippen LogP contribution in [0, 0.1) is 3.57 Å². The van der Waals surface area contributed by atoms with Gasteiger partial charge in [0.15, 0.2) is 0 Å². The van der Waals surface area contributed by atoms with Crippen molar-refractivity contribution < 1.29 is 19.4 Å². The Balaban J connectivity index is 2.19. The third-order valence-electron chi connectivity index (χ3n) is 3.58. The summed E-state index contributed by atoms with van der Waals surface area (Å²) in [6, 6.07) is 5.51. The highest BCUT2D eigenvalue weighted by molar-refractivity contribution is 14.1. The average molecular weight is 404 g/mol. The number of carbonyl (C=O) groups excluding carboxylic acids is 1. The lowest BCUT2D eigenvalue weighted by Gasteiger charge is -2.40. The van der Waals surface area contributed by atoms with Crippen LogP contribution in [0.3, 0.4) is 0 Å². The van der Waals surface area contributed by atoms with Gasteiger partial charge in [-0.1, -0.05) is 0 Å². The molecule has 0 aliphatic carbocycles. The van der Waals surface area contributed by atoms with Gasteiger partial charge >= 0.3 is 12.1 Å². The maximum atomic E-state index is 11.5. The van der Waals surface area contributed by atoms with Crippen LogP contribution in [0.25, 0.3) is 0 Å². The first kappa shape index (κ1) is 15.9. The van der Waals surface area contributed by atoms with Crippen molar-refractivity contribution in [1.29, 1.82) is 0 Å². The Bertz CT molecular complexity index is 564. The van der Waals surface area contributed by atoms with Gasteiger partial charge < -0.3 is 19.6 Å². The van der Waals surface area contributed by atoms with Crippen LogP contribution < -0.4 is 4.90 Å². The van der Waals surface area contributed by atoms with Crippen LogP contribution in [-0.4, -0.2) is 54.9 Å². The predicted octanol–water partition coefficient (Wildman–Crippen LogP) is 2.27. The molecular formula is C14H17IN2O4. The molecule has 1 heterocycles. The number of piperazine rings is 1. The number of ether oxygens (including phenoxy) is 1. The molecule has 6 nitrogen and oxygen atoms in total. The van der Waals surface area contributed by atoms with Gasteiger partial charge in [-0.3, -0.25) is 0 Å². The Kier molecular flexibility index (Phi) is 4.92. The Hall–Kier alpha value is -1.51. The van der Waals surface area contributed by atoms with Crippen molar-refractivity contribution in [1.82, 2.24) is 4.90 Å². The fraction of sp³-hybridized carbons (Fsp3) is 0.429. The smallest absolute Gasteiger partial charge is 0.407 e. The highest BCUT2D eigenvalue weighted by atomic mass is 127. The van der Waals surface area contributed by atoms with Gasteiger partial charge in [0, 0.05) is 29.2 Å². The van der Waals surface area contributed by atoms with Crippen molar-refractivity contribution in [3.63, 3.8) is 0 Å². The van der Waals surface area contributed by atoms with Crippen molar-refractivity contribution in [3.05, 3.63) is 27.3 Å². The second kappa shape index (κ2) is 6.50. The fourth-order valence-corrected chi connectivity index (χ4v) is 3.30. The molecule has 2 rings (SSSR count). The van der Waals surface area contributed by atoms with Crippen molar-refractivity contribution in [2.24, 2.45) is 0 Å². The second-order valence-electron chi connectivity index (χ2n) is 4.93. The molecule has 1 N–H and O–H groups in total. The summed E-state index contributed by atoms with van der Waals surface area (Å²) in [5.74, 6) is -0.358. The Morgan fingerprint density at radius 1 is 1.38 bits per heavy atom. The molecule has 1 atom stereocenters. The SMILES string of the molecule is COC(=O)c1ccc(N2CCN(C(=O)O)C[C@H]2C)c(I)c1. The molecule has 0 aromatic heterocycles. The number of benzene rings is 1. The predicted molar refractivity (Wildman–Crippen MR) is 86.9 cm³/mol. The van der Waals surface area contributed by atoms with E-state index in [1.165, 1.54) is 12.0 Å². The van der Waals surface area contributed by atoms with E-state index >= 15 is 0 Å². The van der Waals surface area contributed by atoms with Gasteiger partial charge in [0.2, 0.25) is 0 Å². The minimum atomic E-state index is -0.878. The van der Waals surface area contributed by atoms with Gasteiger partial charge in [-0.25, -0.2) is 9.59 Å². The van der Waals surface area contributed by atoms with Gasteiger partial charge in [-0.05, 0) is 47.7 Å². The van der Waals surface area contributed by atoms with Crippen LogP contribution in [0.2, 0.25) is 0 Å². The number of halogens is 1. The molecular weight excluding hydrogens is 387 g/mol. The van der Waals surface area contributed by atoms with Crippen molar-refractivity contribution in [3.8, 4) is 0 Å². The normalized spacial score (nSPS) is 18.5. The van der Waals surface area contributed by atoms with E-state index in [0.717, 1.165) is 9.26 Å². The largest absolute Gasteiger partial charge is 0.465 e. The standard InChI is InChI=1S/C14H17IN2O4/c1-9-8-16(14(19)20)5-6-17(9)12-4-3-10(7-11(12)15)13(18)21-2/h3-4,7,9H,5-6,8H2,1-2H3,(H,19,20)/t9-/m1/s1. The van der Waals surface area contributed by atoms with E-state index in [1.54, 1.807) is 12.1 Å². The van der Waals surface area contributed by atoms with E-state index in [4.69, 9.17) is 9.84 Å². The first-order valence-electron chi connectivity index (χ1n) is 6.56. The molecule has 0 saturated carbocycles. The lowest BCUT2D eigenvalue weighted by atomic mass is 10.1. The summed E-state index contributed by atoms with van der Waals surface area (Å²) in [6.07, 6.45) is -0.878. The maximum Gasteiger partial charge on any atom is 0.407 e. The molecule has 1 amide bonds. The molecule has 1 aromatic carbocycles. The summed E-state index contributed by atoms with van der Waals surface area (Å²) in [5, 5.41) is 9.05. The van der Waals surface area contributed by atoms with E-state index in [0.29, 0.717) is 25.2 Å². The fourth-order valence-electron chi connectivity index (χ4n) is 2.47. The molecule has 1 aliphatic heterocycles. The number of anilines is 1. The molecule has 1 fully saturated rings. The molecule has 1 aliphatic rings. The number of hydrogen-bond donors (Lipinski definition) is 1. The van der Waals surface area contributed by atoms with Crippen LogP contribution in [0.4, 0.5) is 10.5 Å². The molecule has 0 spiro atoms.